The van der Waals surface area contributed by atoms with Crippen molar-refractivity contribution in [1.82, 2.24) is 15.2 Å². The number of hydrogen-bond donors (Lipinski definition) is 2. The van der Waals surface area contributed by atoms with Crippen LogP contribution in [0.5, 0.6) is 0 Å². The number of nitrogens with two attached hydrogens (primary N) is 1. The van der Waals surface area contributed by atoms with Gasteiger partial charge >= 0.3 is 6.18 Å². The summed E-state index contributed by atoms with van der Waals surface area (Å²) >= 11 is 6.04. The molecule has 1 aromatic rings. The molecule has 0 bridgehead atoms. The second kappa shape index (κ2) is 8.54. The first-order chi connectivity index (χ1) is 9.89. The van der Waals surface area contributed by atoms with Crippen molar-refractivity contribution < 1.29 is 22.6 Å². The molecule has 0 amide bonds. The Morgan fingerprint density at radius 3 is 2.76 bits per heavy atom. The normalized spacial score (nSPS) is 13.6. The van der Waals surface area contributed by atoms with Crippen molar-refractivity contribution in [1.29, 1.82) is 0 Å². The van der Waals surface area contributed by atoms with Gasteiger partial charge in [-0.3, -0.25) is 16.0 Å². The van der Waals surface area contributed by atoms with Crippen molar-refractivity contribution in [2.24, 2.45) is 5.84 Å². The molecule has 0 saturated heterocycles. The van der Waals surface area contributed by atoms with Crippen LogP contribution in [-0.2, 0) is 16.0 Å². The van der Waals surface area contributed by atoms with Gasteiger partial charge in [0.2, 0.25) is 0 Å². The van der Waals surface area contributed by atoms with Crippen molar-refractivity contribution in [3.8, 4) is 0 Å². The Morgan fingerprint density at radius 1 is 1.48 bits per heavy atom. The van der Waals surface area contributed by atoms with Gasteiger partial charge in [0.05, 0.1) is 36.1 Å². The molecule has 0 aliphatic heterocycles. The number of nitrogens with one attached hydrogen (secondary N) is 1. The molecule has 6 nitrogen and oxygen atoms in total. The Bertz CT molecular complexity index is 428. The molecule has 0 saturated carbocycles. The summed E-state index contributed by atoms with van der Waals surface area (Å²) in [4.78, 5) is 0. The molecular weight excluding hydrogens is 313 g/mol. The van der Waals surface area contributed by atoms with E-state index < -0.39 is 18.8 Å². The van der Waals surface area contributed by atoms with Crippen LogP contribution in [0.1, 0.15) is 18.2 Å². The SMILES string of the molecule is COCCn1ncc(Cl)c1C(CCOCC(F)(F)F)NN. The zero-order chi connectivity index (χ0) is 15.9. The molecule has 0 aromatic carbocycles. The van der Waals surface area contributed by atoms with E-state index >= 15 is 0 Å². The molecule has 3 N–H and O–H groups in total. The predicted octanol–water partition coefficient (Wildman–Crippen LogP) is 1.66. The van der Waals surface area contributed by atoms with Gasteiger partial charge in [-0.05, 0) is 6.42 Å². The zero-order valence-corrected chi connectivity index (χ0v) is 12.2. The highest BCUT2D eigenvalue weighted by atomic mass is 35.5. The van der Waals surface area contributed by atoms with Crippen LogP contribution in [0.3, 0.4) is 0 Å². The molecule has 1 heterocycles. The number of hydrazine groups is 1. The maximum Gasteiger partial charge on any atom is 0.411 e. The summed E-state index contributed by atoms with van der Waals surface area (Å²) in [5.41, 5.74) is 3.10. The molecule has 1 atom stereocenters. The van der Waals surface area contributed by atoms with Crippen molar-refractivity contribution in [2.75, 3.05) is 26.9 Å². The lowest BCUT2D eigenvalue weighted by Crippen LogP contribution is -2.32. The molecule has 1 unspecified atom stereocenters. The summed E-state index contributed by atoms with van der Waals surface area (Å²) in [6.07, 6.45) is -2.66. The summed E-state index contributed by atoms with van der Waals surface area (Å²) < 4.78 is 47.1. The van der Waals surface area contributed by atoms with Gasteiger partial charge in [0.1, 0.15) is 6.61 Å². The zero-order valence-electron chi connectivity index (χ0n) is 11.5. The van der Waals surface area contributed by atoms with E-state index in [9.17, 15) is 13.2 Å². The maximum atomic E-state index is 12.0. The van der Waals surface area contributed by atoms with Gasteiger partial charge in [0.15, 0.2) is 0 Å². The van der Waals surface area contributed by atoms with E-state index in [2.05, 4.69) is 15.3 Å². The third-order valence-electron chi connectivity index (χ3n) is 2.69. The van der Waals surface area contributed by atoms with Crippen molar-refractivity contribution in [2.45, 2.75) is 25.2 Å². The molecule has 0 aliphatic rings. The van der Waals surface area contributed by atoms with E-state index in [1.807, 2.05) is 0 Å². The van der Waals surface area contributed by atoms with Crippen LogP contribution in [0.4, 0.5) is 13.2 Å². The minimum atomic E-state index is -4.34. The van der Waals surface area contributed by atoms with Crippen LogP contribution in [-0.4, -0.2) is 42.9 Å². The molecule has 122 valence electrons. The summed E-state index contributed by atoms with van der Waals surface area (Å²) in [5, 5.41) is 4.46. The second-order valence-corrected chi connectivity index (χ2v) is 4.68. The Labute approximate surface area is 125 Å². The maximum absolute atomic E-state index is 12.0. The molecule has 0 spiro atoms. The smallest absolute Gasteiger partial charge is 0.383 e. The third kappa shape index (κ3) is 6.18. The van der Waals surface area contributed by atoms with Crippen LogP contribution in [0.15, 0.2) is 6.20 Å². The summed E-state index contributed by atoms with van der Waals surface area (Å²) in [6.45, 7) is -0.520. The van der Waals surface area contributed by atoms with Gasteiger partial charge in [-0.15, -0.1) is 0 Å². The number of halogens is 4. The summed E-state index contributed by atoms with van der Waals surface area (Å²) in [7, 11) is 1.55. The first-order valence-electron chi connectivity index (χ1n) is 6.19. The van der Waals surface area contributed by atoms with Crippen LogP contribution in [0, 0.1) is 0 Å². The highest BCUT2D eigenvalue weighted by Gasteiger charge is 2.27. The quantitative estimate of drug-likeness (QED) is 0.409. The fourth-order valence-corrected chi connectivity index (χ4v) is 2.04. The number of aromatic nitrogens is 2. The molecule has 21 heavy (non-hydrogen) atoms. The van der Waals surface area contributed by atoms with E-state index in [4.69, 9.17) is 22.2 Å². The summed E-state index contributed by atoms with van der Waals surface area (Å²) in [5.74, 6) is 5.44. The summed E-state index contributed by atoms with van der Waals surface area (Å²) in [6, 6.07) is -0.468. The Hall–Kier alpha value is -0.870. The van der Waals surface area contributed by atoms with Gasteiger partial charge in [0, 0.05) is 13.7 Å². The van der Waals surface area contributed by atoms with Gasteiger partial charge in [-0.1, -0.05) is 11.6 Å². The van der Waals surface area contributed by atoms with Crippen LogP contribution in [0.2, 0.25) is 5.02 Å². The fraction of sp³-hybridized carbons (Fsp3) is 0.727. The lowest BCUT2D eigenvalue weighted by molar-refractivity contribution is -0.174. The van der Waals surface area contributed by atoms with Crippen molar-refractivity contribution >= 4 is 11.6 Å². The van der Waals surface area contributed by atoms with Crippen LogP contribution < -0.4 is 11.3 Å². The topological polar surface area (TPSA) is 74.3 Å². The number of nitrogens with zero attached hydrogens (tertiary/aromatic N) is 2. The van der Waals surface area contributed by atoms with Crippen molar-refractivity contribution in [3.05, 3.63) is 16.9 Å². The first kappa shape index (κ1) is 18.2. The van der Waals surface area contributed by atoms with Gasteiger partial charge < -0.3 is 9.47 Å². The Kier molecular flexibility index (Phi) is 7.40. The molecule has 0 fully saturated rings. The van der Waals surface area contributed by atoms with Crippen LogP contribution >= 0.6 is 11.6 Å². The minimum Gasteiger partial charge on any atom is -0.383 e. The predicted molar refractivity (Wildman–Crippen MR) is 70.7 cm³/mol. The number of methoxy groups -OCH3 is 1. The highest BCUT2D eigenvalue weighted by molar-refractivity contribution is 6.31. The van der Waals surface area contributed by atoms with Crippen molar-refractivity contribution in [3.63, 3.8) is 0 Å². The molecule has 10 heteroatoms. The standard InChI is InChI=1S/C11H18ClF3N4O2/c1-20-5-3-19-10(8(12)6-17-19)9(18-16)2-4-21-7-11(13,14)15/h6,9,18H,2-5,7,16H2,1H3. The minimum absolute atomic E-state index is 0.111. The van der Waals surface area contributed by atoms with Crippen LogP contribution in [0.25, 0.3) is 0 Å². The third-order valence-corrected chi connectivity index (χ3v) is 2.98. The molecule has 0 radical (unpaired) electrons. The first-order valence-corrected chi connectivity index (χ1v) is 6.57. The van der Waals surface area contributed by atoms with E-state index in [0.717, 1.165) is 0 Å². The largest absolute Gasteiger partial charge is 0.411 e. The molecule has 0 aliphatic carbocycles. The van der Waals surface area contributed by atoms with Gasteiger partial charge in [-0.25, -0.2) is 0 Å². The second-order valence-electron chi connectivity index (χ2n) is 4.27. The average Bonchev–Trinajstić information content (AvgIpc) is 2.77. The van der Waals surface area contributed by atoms with E-state index in [0.29, 0.717) is 23.9 Å². The van der Waals surface area contributed by atoms with Gasteiger partial charge in [0.25, 0.3) is 0 Å². The lowest BCUT2D eigenvalue weighted by Gasteiger charge is -2.18. The molecule has 1 aromatic heterocycles. The Balaban J connectivity index is 2.61. The number of alkyl halides is 3. The lowest BCUT2D eigenvalue weighted by atomic mass is 10.1. The fourth-order valence-electron chi connectivity index (χ4n) is 1.76. The highest BCUT2D eigenvalue weighted by Crippen LogP contribution is 2.25. The Morgan fingerprint density at radius 2 is 2.19 bits per heavy atom. The van der Waals surface area contributed by atoms with E-state index in [1.165, 1.54) is 6.20 Å². The molecular formula is C11H18ClF3N4O2. The van der Waals surface area contributed by atoms with E-state index in [1.54, 1.807) is 11.8 Å². The average molecular weight is 331 g/mol. The molecule has 1 rings (SSSR count). The number of ether oxygens (including phenoxy) is 2. The van der Waals surface area contributed by atoms with E-state index in [-0.39, 0.29) is 13.0 Å². The number of rotatable bonds is 9. The van der Waals surface area contributed by atoms with Gasteiger partial charge in [-0.2, -0.15) is 18.3 Å². The number of hydrogen-bond acceptors (Lipinski definition) is 5. The monoisotopic (exact) mass is 330 g/mol.